The summed E-state index contributed by atoms with van der Waals surface area (Å²) in [4.78, 5) is 25.9. The Balaban J connectivity index is 1.90. The highest BCUT2D eigenvalue weighted by Gasteiger charge is 2.41. The molecule has 4 nitrogen and oxygen atoms in total. The van der Waals surface area contributed by atoms with E-state index in [0.29, 0.717) is 23.6 Å². The van der Waals surface area contributed by atoms with Crippen LogP contribution >= 0.6 is 11.6 Å². The predicted octanol–water partition coefficient (Wildman–Crippen LogP) is 4.03. The minimum atomic E-state index is -0.867. The minimum absolute atomic E-state index is 0.497. The van der Waals surface area contributed by atoms with Gasteiger partial charge in [0, 0.05) is 12.2 Å². The summed E-state index contributed by atoms with van der Waals surface area (Å²) >= 11 is 6.41. The van der Waals surface area contributed by atoms with Crippen molar-refractivity contribution in [2.75, 3.05) is 16.8 Å². The lowest BCUT2D eigenvalue weighted by Crippen LogP contribution is -2.54. The Morgan fingerprint density at radius 3 is 2.64 bits per heavy atom. The van der Waals surface area contributed by atoms with E-state index in [4.69, 9.17) is 18.0 Å². The Morgan fingerprint density at radius 2 is 2.08 bits per heavy atom. The number of rotatable bonds is 6. The largest absolute Gasteiger partial charge is 0.384 e. The van der Waals surface area contributed by atoms with Gasteiger partial charge in [-0.05, 0) is 55.7 Å². The molecule has 2 aliphatic rings. The monoisotopic (exact) mass is 358 g/mol. The molecule has 0 radical (unpaired) electrons. The van der Waals surface area contributed by atoms with Gasteiger partial charge in [-0.2, -0.15) is 0 Å². The summed E-state index contributed by atoms with van der Waals surface area (Å²) in [6, 6.07) is 5.40. The fourth-order valence-electron chi connectivity index (χ4n) is 3.56. The van der Waals surface area contributed by atoms with Crippen LogP contribution in [0, 0.1) is 18.3 Å². The van der Waals surface area contributed by atoms with E-state index in [1.54, 1.807) is 6.07 Å². The number of carbonyl (C=O) groups is 2. The number of nitrogens with one attached hydrogen (secondary N) is 1. The van der Waals surface area contributed by atoms with Crippen molar-refractivity contribution in [2.45, 2.75) is 50.5 Å². The number of halogens is 1. The number of terminal acetylenes is 1. The van der Waals surface area contributed by atoms with Gasteiger partial charge in [-0.1, -0.05) is 30.9 Å². The maximum atomic E-state index is 12.5. The van der Waals surface area contributed by atoms with E-state index in [1.165, 1.54) is 17.7 Å². The number of anilines is 2. The SMILES string of the molecule is C#CC(=O)N(c1ccc(NCC2CC2)c(Cl)c1)C1(C=O)CCCCC1. The fraction of sp³-hybridized carbons (Fsp3) is 0.500. The van der Waals surface area contributed by atoms with E-state index in [-0.39, 0.29) is 0 Å². The van der Waals surface area contributed by atoms with Crippen molar-refractivity contribution in [2.24, 2.45) is 5.92 Å². The highest BCUT2D eigenvalue weighted by molar-refractivity contribution is 6.33. The van der Waals surface area contributed by atoms with Crippen molar-refractivity contribution in [3.63, 3.8) is 0 Å². The van der Waals surface area contributed by atoms with E-state index in [2.05, 4.69) is 11.2 Å². The minimum Gasteiger partial charge on any atom is -0.384 e. The zero-order valence-corrected chi connectivity index (χ0v) is 15.0. The van der Waals surface area contributed by atoms with Crippen LogP contribution in [0.5, 0.6) is 0 Å². The predicted molar refractivity (Wildman–Crippen MR) is 101 cm³/mol. The first kappa shape index (κ1) is 17.8. The van der Waals surface area contributed by atoms with Gasteiger partial charge in [0.15, 0.2) is 0 Å². The number of benzene rings is 1. The van der Waals surface area contributed by atoms with Crippen LogP contribution < -0.4 is 10.2 Å². The van der Waals surface area contributed by atoms with Crippen molar-refractivity contribution < 1.29 is 9.59 Å². The zero-order valence-electron chi connectivity index (χ0n) is 14.3. The van der Waals surface area contributed by atoms with Gasteiger partial charge in [0.25, 0.3) is 0 Å². The lowest BCUT2D eigenvalue weighted by atomic mass is 9.81. The molecule has 2 aliphatic carbocycles. The van der Waals surface area contributed by atoms with Crippen LogP contribution in [0.4, 0.5) is 11.4 Å². The topological polar surface area (TPSA) is 49.4 Å². The molecule has 1 N–H and O–H groups in total. The zero-order chi connectivity index (χ0) is 17.9. The average molecular weight is 359 g/mol. The van der Waals surface area contributed by atoms with Crippen LogP contribution in [0.3, 0.4) is 0 Å². The quantitative estimate of drug-likeness (QED) is 0.617. The summed E-state index contributed by atoms with van der Waals surface area (Å²) in [5, 5.41) is 3.87. The molecular weight excluding hydrogens is 336 g/mol. The summed E-state index contributed by atoms with van der Waals surface area (Å²) in [5.41, 5.74) is 0.557. The van der Waals surface area contributed by atoms with Crippen LogP contribution in [-0.2, 0) is 9.59 Å². The second-order valence-electron chi connectivity index (χ2n) is 7.06. The van der Waals surface area contributed by atoms with Crippen molar-refractivity contribution in [1.82, 2.24) is 0 Å². The Morgan fingerprint density at radius 1 is 1.36 bits per heavy atom. The number of hydrogen-bond acceptors (Lipinski definition) is 3. The molecule has 1 aromatic rings. The van der Waals surface area contributed by atoms with Crippen molar-refractivity contribution in [1.29, 1.82) is 0 Å². The van der Waals surface area contributed by atoms with Crippen molar-refractivity contribution in [3.8, 4) is 12.3 Å². The average Bonchev–Trinajstić information content (AvgIpc) is 3.46. The Bertz CT molecular complexity index is 700. The summed E-state index contributed by atoms with van der Waals surface area (Å²) in [6.45, 7) is 0.907. The molecule has 0 spiro atoms. The molecule has 0 saturated heterocycles. The molecule has 0 aliphatic heterocycles. The first-order chi connectivity index (χ1) is 12.1. The maximum Gasteiger partial charge on any atom is 0.303 e. The summed E-state index contributed by atoms with van der Waals surface area (Å²) in [7, 11) is 0. The van der Waals surface area contributed by atoms with Crippen LogP contribution in [0.15, 0.2) is 18.2 Å². The molecular formula is C20H23ClN2O2. The number of amides is 1. The molecule has 2 fully saturated rings. The fourth-order valence-corrected chi connectivity index (χ4v) is 3.80. The Hall–Kier alpha value is -1.99. The molecule has 1 aromatic carbocycles. The van der Waals surface area contributed by atoms with Gasteiger partial charge in [-0.25, -0.2) is 0 Å². The first-order valence-corrected chi connectivity index (χ1v) is 9.28. The molecule has 5 heteroatoms. The molecule has 25 heavy (non-hydrogen) atoms. The van der Waals surface area contributed by atoms with Gasteiger partial charge in [0.2, 0.25) is 0 Å². The molecule has 0 aromatic heterocycles. The summed E-state index contributed by atoms with van der Waals surface area (Å²) in [6.07, 6.45) is 12.9. The maximum absolute atomic E-state index is 12.5. The molecule has 1 amide bonds. The smallest absolute Gasteiger partial charge is 0.303 e. The van der Waals surface area contributed by atoms with Gasteiger partial charge in [-0.3, -0.25) is 9.69 Å². The van der Waals surface area contributed by atoms with E-state index in [0.717, 1.165) is 43.7 Å². The lowest BCUT2D eigenvalue weighted by molar-refractivity contribution is -0.120. The molecule has 3 rings (SSSR count). The highest BCUT2D eigenvalue weighted by Crippen LogP contribution is 2.38. The van der Waals surface area contributed by atoms with E-state index in [9.17, 15) is 9.59 Å². The third kappa shape index (κ3) is 3.82. The van der Waals surface area contributed by atoms with E-state index >= 15 is 0 Å². The third-order valence-corrected chi connectivity index (χ3v) is 5.51. The summed E-state index contributed by atoms with van der Waals surface area (Å²) < 4.78 is 0. The van der Waals surface area contributed by atoms with Crippen LogP contribution in [0.25, 0.3) is 0 Å². The molecule has 0 unspecified atom stereocenters. The number of carbonyl (C=O) groups excluding carboxylic acids is 2. The van der Waals surface area contributed by atoms with Crippen LogP contribution in [-0.4, -0.2) is 24.3 Å². The lowest BCUT2D eigenvalue weighted by Gasteiger charge is -2.41. The van der Waals surface area contributed by atoms with Crippen molar-refractivity contribution in [3.05, 3.63) is 23.2 Å². The second-order valence-corrected chi connectivity index (χ2v) is 7.46. The first-order valence-electron chi connectivity index (χ1n) is 8.90. The number of aldehydes is 1. The Kier molecular flexibility index (Phi) is 5.34. The summed E-state index contributed by atoms with van der Waals surface area (Å²) in [5.74, 6) is 2.41. The van der Waals surface area contributed by atoms with Gasteiger partial charge >= 0.3 is 5.91 Å². The highest BCUT2D eigenvalue weighted by atomic mass is 35.5. The normalized spacial score (nSPS) is 18.9. The number of nitrogens with zero attached hydrogens (tertiary/aromatic N) is 1. The van der Waals surface area contributed by atoms with E-state index < -0.39 is 11.4 Å². The molecule has 0 bridgehead atoms. The molecule has 0 atom stereocenters. The molecule has 2 saturated carbocycles. The van der Waals surface area contributed by atoms with Gasteiger partial charge < -0.3 is 10.1 Å². The molecule has 132 valence electrons. The second kappa shape index (κ2) is 7.49. The van der Waals surface area contributed by atoms with Crippen molar-refractivity contribution >= 4 is 35.2 Å². The third-order valence-electron chi connectivity index (χ3n) is 5.20. The Labute approximate surface area is 153 Å². The van der Waals surface area contributed by atoms with Gasteiger partial charge in [0.05, 0.1) is 10.7 Å². The number of hydrogen-bond donors (Lipinski definition) is 1. The van der Waals surface area contributed by atoms with Gasteiger partial charge in [0.1, 0.15) is 11.8 Å². The van der Waals surface area contributed by atoms with Gasteiger partial charge in [-0.15, -0.1) is 6.42 Å². The van der Waals surface area contributed by atoms with E-state index in [1.807, 2.05) is 12.1 Å². The standard InChI is InChI=1S/C20H23ClN2O2/c1-2-19(25)23(20(14-24)10-4-3-5-11-20)16-8-9-18(17(21)12-16)22-13-15-6-7-15/h1,8-9,12,14-15,22H,3-7,10-11,13H2. The molecule has 0 heterocycles. The van der Waals surface area contributed by atoms with Crippen LogP contribution in [0.2, 0.25) is 5.02 Å². The van der Waals surface area contributed by atoms with Crippen LogP contribution in [0.1, 0.15) is 44.9 Å².